The predicted octanol–water partition coefficient (Wildman–Crippen LogP) is 3.00. The first-order valence-electron chi connectivity index (χ1n) is 6.88. The molecule has 17 heavy (non-hydrogen) atoms. The van der Waals surface area contributed by atoms with Crippen molar-refractivity contribution in [3.05, 3.63) is 11.6 Å². The second-order valence-electron chi connectivity index (χ2n) is 5.36. The molecule has 1 aromatic heterocycles. The molecule has 1 saturated heterocycles. The Labute approximate surface area is 107 Å². The molecular formula is C13H21N3S. The van der Waals surface area contributed by atoms with Gasteiger partial charge in [-0.2, -0.15) is 11.8 Å². The minimum atomic E-state index is 0.601. The van der Waals surface area contributed by atoms with E-state index in [9.17, 15) is 0 Å². The van der Waals surface area contributed by atoms with Crippen LogP contribution >= 0.6 is 11.8 Å². The zero-order valence-corrected chi connectivity index (χ0v) is 11.4. The van der Waals surface area contributed by atoms with E-state index in [0.717, 1.165) is 18.2 Å². The van der Waals surface area contributed by atoms with Gasteiger partial charge in [0.25, 0.3) is 0 Å². The monoisotopic (exact) mass is 251 g/mol. The third-order valence-corrected chi connectivity index (χ3v) is 5.40. The highest BCUT2D eigenvalue weighted by Crippen LogP contribution is 2.30. The lowest BCUT2D eigenvalue weighted by Gasteiger charge is -2.23. The van der Waals surface area contributed by atoms with E-state index in [0.29, 0.717) is 5.92 Å². The molecule has 0 N–H and O–H groups in total. The van der Waals surface area contributed by atoms with Gasteiger partial charge in [0, 0.05) is 24.1 Å². The predicted molar refractivity (Wildman–Crippen MR) is 71.5 cm³/mol. The van der Waals surface area contributed by atoms with Gasteiger partial charge in [-0.15, -0.1) is 10.2 Å². The number of hydrogen-bond donors (Lipinski definition) is 0. The molecule has 0 bridgehead atoms. The quantitative estimate of drug-likeness (QED) is 0.809. The molecule has 3 heterocycles. The lowest BCUT2D eigenvalue weighted by molar-refractivity contribution is 0.452. The zero-order chi connectivity index (χ0) is 11.7. The van der Waals surface area contributed by atoms with E-state index in [2.05, 4.69) is 33.5 Å². The van der Waals surface area contributed by atoms with Crippen LogP contribution in [0.4, 0.5) is 0 Å². The molecule has 3 nitrogen and oxygen atoms in total. The third kappa shape index (κ3) is 2.37. The molecule has 1 fully saturated rings. The maximum atomic E-state index is 4.44. The van der Waals surface area contributed by atoms with E-state index in [1.54, 1.807) is 0 Å². The van der Waals surface area contributed by atoms with E-state index < -0.39 is 0 Å². The van der Waals surface area contributed by atoms with Gasteiger partial charge < -0.3 is 4.57 Å². The minimum absolute atomic E-state index is 0.601. The molecule has 0 aromatic carbocycles. The number of hydrogen-bond acceptors (Lipinski definition) is 3. The van der Waals surface area contributed by atoms with Gasteiger partial charge in [0.2, 0.25) is 0 Å². The van der Waals surface area contributed by atoms with Gasteiger partial charge in [-0.3, -0.25) is 0 Å². The first-order chi connectivity index (χ1) is 8.34. The highest BCUT2D eigenvalue weighted by Gasteiger charge is 2.24. The standard InChI is InChI=1S/C13H21N3S/c1-10-5-4-7-16-12(14-15-13(10)16)9-11-6-2-3-8-17-11/h10-11H,2-9H2,1H3. The van der Waals surface area contributed by atoms with Crippen molar-refractivity contribution in [3.63, 3.8) is 0 Å². The maximum absolute atomic E-state index is 4.44. The number of nitrogens with zero attached hydrogens (tertiary/aromatic N) is 3. The summed E-state index contributed by atoms with van der Waals surface area (Å²) >= 11 is 2.13. The summed E-state index contributed by atoms with van der Waals surface area (Å²) in [6.07, 6.45) is 7.85. The van der Waals surface area contributed by atoms with Crippen LogP contribution in [0.1, 0.15) is 56.6 Å². The SMILES string of the molecule is CC1CCCn2c(CC3CCCCS3)nnc21. The highest BCUT2D eigenvalue weighted by molar-refractivity contribution is 7.99. The third-order valence-electron chi connectivity index (χ3n) is 4.00. The summed E-state index contributed by atoms with van der Waals surface area (Å²) in [6, 6.07) is 0. The van der Waals surface area contributed by atoms with Gasteiger partial charge in [0.1, 0.15) is 11.6 Å². The van der Waals surface area contributed by atoms with Gasteiger partial charge in [-0.25, -0.2) is 0 Å². The second kappa shape index (κ2) is 5.01. The maximum Gasteiger partial charge on any atom is 0.135 e. The van der Waals surface area contributed by atoms with Crippen molar-refractivity contribution in [2.24, 2.45) is 0 Å². The Balaban J connectivity index is 1.74. The molecule has 94 valence electrons. The Morgan fingerprint density at radius 1 is 1.24 bits per heavy atom. The van der Waals surface area contributed by atoms with Crippen LogP contribution in [0.25, 0.3) is 0 Å². The fourth-order valence-electron chi connectivity index (χ4n) is 2.97. The summed E-state index contributed by atoms with van der Waals surface area (Å²) in [4.78, 5) is 0. The summed E-state index contributed by atoms with van der Waals surface area (Å²) in [7, 11) is 0. The number of rotatable bonds is 2. The van der Waals surface area contributed by atoms with E-state index in [-0.39, 0.29) is 0 Å². The van der Waals surface area contributed by atoms with Crippen LogP contribution in [0.3, 0.4) is 0 Å². The van der Waals surface area contributed by atoms with Crippen LogP contribution in [0.15, 0.2) is 0 Å². The van der Waals surface area contributed by atoms with E-state index >= 15 is 0 Å². The van der Waals surface area contributed by atoms with Crippen LogP contribution in [0, 0.1) is 0 Å². The van der Waals surface area contributed by atoms with Crippen LogP contribution in [0.2, 0.25) is 0 Å². The molecule has 0 saturated carbocycles. The fourth-order valence-corrected chi connectivity index (χ4v) is 4.27. The highest BCUT2D eigenvalue weighted by atomic mass is 32.2. The number of aromatic nitrogens is 3. The van der Waals surface area contributed by atoms with Crippen molar-refractivity contribution in [1.82, 2.24) is 14.8 Å². The first kappa shape index (κ1) is 11.6. The van der Waals surface area contributed by atoms with Gasteiger partial charge in [-0.05, 0) is 31.4 Å². The van der Waals surface area contributed by atoms with Gasteiger partial charge >= 0.3 is 0 Å². The fraction of sp³-hybridized carbons (Fsp3) is 0.846. The Morgan fingerprint density at radius 2 is 2.18 bits per heavy atom. The van der Waals surface area contributed by atoms with E-state index in [4.69, 9.17) is 0 Å². The van der Waals surface area contributed by atoms with Crippen molar-refractivity contribution in [2.45, 2.75) is 63.2 Å². The van der Waals surface area contributed by atoms with E-state index in [1.165, 1.54) is 49.5 Å². The first-order valence-corrected chi connectivity index (χ1v) is 7.93. The smallest absolute Gasteiger partial charge is 0.135 e. The molecule has 2 aliphatic rings. The Hall–Kier alpha value is -0.510. The lowest BCUT2D eigenvalue weighted by atomic mass is 10.0. The summed E-state index contributed by atoms with van der Waals surface area (Å²) in [5.74, 6) is 4.41. The summed E-state index contributed by atoms with van der Waals surface area (Å²) in [5, 5.41) is 9.64. The summed E-state index contributed by atoms with van der Waals surface area (Å²) in [5.41, 5.74) is 0. The molecular weight excluding hydrogens is 230 g/mol. The Morgan fingerprint density at radius 3 is 3.00 bits per heavy atom. The Kier molecular flexibility index (Phi) is 3.41. The molecule has 0 amide bonds. The second-order valence-corrected chi connectivity index (χ2v) is 6.77. The van der Waals surface area contributed by atoms with Gasteiger partial charge in [0.05, 0.1) is 0 Å². The average molecular weight is 251 g/mol. The number of thioether (sulfide) groups is 1. The molecule has 1 aromatic rings. The molecule has 2 atom stereocenters. The topological polar surface area (TPSA) is 30.7 Å². The van der Waals surface area contributed by atoms with Crippen LogP contribution < -0.4 is 0 Å². The van der Waals surface area contributed by atoms with E-state index in [1.807, 2.05) is 0 Å². The molecule has 2 unspecified atom stereocenters. The normalized spacial score (nSPS) is 29.0. The summed E-state index contributed by atoms with van der Waals surface area (Å²) in [6.45, 7) is 3.41. The van der Waals surface area contributed by atoms with Crippen LogP contribution in [-0.2, 0) is 13.0 Å². The summed E-state index contributed by atoms with van der Waals surface area (Å²) < 4.78 is 2.39. The van der Waals surface area contributed by atoms with Crippen molar-refractivity contribution in [3.8, 4) is 0 Å². The van der Waals surface area contributed by atoms with Crippen molar-refractivity contribution >= 4 is 11.8 Å². The average Bonchev–Trinajstić information content (AvgIpc) is 2.76. The molecule has 0 radical (unpaired) electrons. The van der Waals surface area contributed by atoms with Crippen molar-refractivity contribution < 1.29 is 0 Å². The van der Waals surface area contributed by atoms with Crippen molar-refractivity contribution in [1.29, 1.82) is 0 Å². The van der Waals surface area contributed by atoms with Gasteiger partial charge in [0.15, 0.2) is 0 Å². The molecule has 0 spiro atoms. The van der Waals surface area contributed by atoms with Crippen molar-refractivity contribution in [2.75, 3.05) is 5.75 Å². The lowest BCUT2D eigenvalue weighted by Crippen LogP contribution is -2.20. The molecule has 4 heteroatoms. The minimum Gasteiger partial charge on any atom is -0.315 e. The van der Waals surface area contributed by atoms with Crippen LogP contribution in [-0.4, -0.2) is 25.8 Å². The molecule has 3 rings (SSSR count). The van der Waals surface area contributed by atoms with Crippen LogP contribution in [0.5, 0.6) is 0 Å². The van der Waals surface area contributed by atoms with Gasteiger partial charge in [-0.1, -0.05) is 13.3 Å². The largest absolute Gasteiger partial charge is 0.315 e. The number of fused-ring (bicyclic) bond motifs is 1. The Bertz CT molecular complexity index is 382. The molecule has 0 aliphatic carbocycles. The zero-order valence-electron chi connectivity index (χ0n) is 10.6. The molecule has 2 aliphatic heterocycles.